The van der Waals surface area contributed by atoms with Crippen molar-refractivity contribution in [2.24, 2.45) is 0 Å². The molecule has 3 aromatic carbocycles. The lowest BCUT2D eigenvalue weighted by Crippen LogP contribution is -2.44. The average molecular weight is 630 g/mol. The van der Waals surface area contributed by atoms with Gasteiger partial charge < -0.3 is 30.1 Å². The largest absolute Gasteiger partial charge is 0.481 e. The third-order valence-electron chi connectivity index (χ3n) is 8.08. The summed E-state index contributed by atoms with van der Waals surface area (Å²) in [6.07, 6.45) is -0.427. The van der Waals surface area contributed by atoms with Gasteiger partial charge in [-0.3, -0.25) is 24.2 Å². The molecular formula is C33H35N5O8. The van der Waals surface area contributed by atoms with Gasteiger partial charge in [0.05, 0.1) is 12.5 Å². The average Bonchev–Trinajstić information content (AvgIpc) is 3.55. The zero-order chi connectivity index (χ0) is 33.2. The van der Waals surface area contributed by atoms with Crippen molar-refractivity contribution in [3.05, 3.63) is 83.4 Å². The third-order valence-corrected chi connectivity index (χ3v) is 8.08. The molecule has 1 saturated heterocycles. The van der Waals surface area contributed by atoms with Crippen molar-refractivity contribution in [3.8, 4) is 11.5 Å². The van der Waals surface area contributed by atoms with E-state index in [4.69, 9.17) is 9.47 Å². The molecule has 0 aromatic heterocycles. The number of fused-ring (bicyclic) bond motifs is 1. The number of amides is 6. The zero-order valence-corrected chi connectivity index (χ0v) is 25.9. The summed E-state index contributed by atoms with van der Waals surface area (Å²) in [6.45, 7) is 4.63. The van der Waals surface area contributed by atoms with Crippen molar-refractivity contribution in [1.82, 2.24) is 15.1 Å². The first-order valence-electron chi connectivity index (χ1n) is 14.6. The fourth-order valence-electron chi connectivity index (χ4n) is 5.30. The Hall–Kier alpha value is -5.59. The Morgan fingerprint density at radius 1 is 1.00 bits per heavy atom. The SMILES string of the molecule is Cc1ccccc1NC(=O)N(C)c1ccc(CN2C(=O)N(CC(=O)N[C@@H](CC(=O)O)c3ccc4c(c3)OCO4)C(=O)C2(C)C)cc1. The number of anilines is 2. The number of aryl methyl sites for hydroxylation is 1. The smallest absolute Gasteiger partial charge is 0.328 e. The number of para-hydroxylation sites is 1. The highest BCUT2D eigenvalue weighted by molar-refractivity contribution is 6.08. The van der Waals surface area contributed by atoms with Gasteiger partial charge in [0.2, 0.25) is 12.7 Å². The molecule has 2 aliphatic rings. The number of carbonyl (C=O) groups excluding carboxylic acids is 4. The van der Waals surface area contributed by atoms with Crippen LogP contribution in [-0.4, -0.2) is 70.7 Å². The standard InChI is InChI=1S/C33H35N5O8/c1-20-7-5-6-8-24(20)35-31(43)36(4)23-12-9-21(10-13-23)17-38-32(44)37(30(42)33(38,2)3)18-28(39)34-25(16-29(40)41)22-11-14-26-27(15-22)46-19-45-26/h5-15,25H,16-19H2,1-4H3,(H,34,39)(H,35,43)(H,40,41)/t25-/m0/s1. The number of hydrogen-bond donors (Lipinski definition) is 3. The van der Waals surface area contributed by atoms with Gasteiger partial charge in [0, 0.05) is 25.0 Å². The molecule has 0 bridgehead atoms. The zero-order valence-electron chi connectivity index (χ0n) is 25.9. The molecule has 0 aliphatic carbocycles. The number of ether oxygens (including phenoxy) is 2. The quantitative estimate of drug-likeness (QED) is 0.281. The maximum absolute atomic E-state index is 13.5. The molecule has 46 heavy (non-hydrogen) atoms. The van der Waals surface area contributed by atoms with Crippen LogP contribution in [-0.2, 0) is 20.9 Å². The van der Waals surface area contributed by atoms with Crippen LogP contribution in [0.25, 0.3) is 0 Å². The summed E-state index contributed by atoms with van der Waals surface area (Å²) < 4.78 is 10.7. The van der Waals surface area contributed by atoms with E-state index in [0.717, 1.165) is 10.5 Å². The van der Waals surface area contributed by atoms with Crippen molar-refractivity contribution < 1.29 is 38.6 Å². The van der Waals surface area contributed by atoms with Gasteiger partial charge in [-0.15, -0.1) is 0 Å². The number of nitrogens with zero attached hydrogens (tertiary/aromatic N) is 3. The highest BCUT2D eigenvalue weighted by Gasteiger charge is 2.51. The van der Waals surface area contributed by atoms with E-state index < -0.39 is 48.4 Å². The molecule has 0 radical (unpaired) electrons. The van der Waals surface area contributed by atoms with E-state index in [-0.39, 0.29) is 19.4 Å². The Morgan fingerprint density at radius 2 is 1.70 bits per heavy atom. The van der Waals surface area contributed by atoms with Crippen LogP contribution >= 0.6 is 0 Å². The fourth-order valence-corrected chi connectivity index (χ4v) is 5.30. The molecule has 0 spiro atoms. The summed E-state index contributed by atoms with van der Waals surface area (Å²) in [6, 6.07) is 17.4. The van der Waals surface area contributed by atoms with Gasteiger partial charge in [-0.1, -0.05) is 36.4 Å². The second-order valence-electron chi connectivity index (χ2n) is 11.6. The molecule has 3 N–H and O–H groups in total. The van der Waals surface area contributed by atoms with Crippen LogP contribution in [0.4, 0.5) is 21.0 Å². The third kappa shape index (κ3) is 6.58. The van der Waals surface area contributed by atoms with Gasteiger partial charge in [-0.25, -0.2) is 9.59 Å². The summed E-state index contributed by atoms with van der Waals surface area (Å²) in [5.41, 5.74) is 2.19. The van der Waals surface area contributed by atoms with Crippen molar-refractivity contribution in [3.63, 3.8) is 0 Å². The molecule has 1 fully saturated rings. The number of nitrogens with one attached hydrogen (secondary N) is 2. The maximum Gasteiger partial charge on any atom is 0.328 e. The van der Waals surface area contributed by atoms with Crippen LogP contribution in [0.15, 0.2) is 66.7 Å². The maximum atomic E-state index is 13.5. The molecule has 1 atom stereocenters. The van der Waals surface area contributed by atoms with Gasteiger partial charge in [0.15, 0.2) is 11.5 Å². The lowest BCUT2D eigenvalue weighted by Gasteiger charge is -2.28. The van der Waals surface area contributed by atoms with Crippen molar-refractivity contribution in [2.75, 3.05) is 30.6 Å². The van der Waals surface area contributed by atoms with E-state index in [1.807, 2.05) is 31.2 Å². The van der Waals surface area contributed by atoms with Crippen LogP contribution in [0.3, 0.4) is 0 Å². The molecule has 13 heteroatoms. The molecule has 0 unspecified atom stereocenters. The van der Waals surface area contributed by atoms with E-state index in [1.54, 1.807) is 63.4 Å². The van der Waals surface area contributed by atoms with Gasteiger partial charge >= 0.3 is 18.0 Å². The lowest BCUT2D eigenvalue weighted by molar-refractivity contribution is -0.138. The molecule has 0 saturated carbocycles. The minimum absolute atomic E-state index is 0.0348. The van der Waals surface area contributed by atoms with Gasteiger partial charge in [-0.2, -0.15) is 0 Å². The fraction of sp³-hybridized carbons (Fsp3) is 0.303. The van der Waals surface area contributed by atoms with Crippen molar-refractivity contribution in [1.29, 1.82) is 0 Å². The molecule has 5 rings (SSSR count). The molecule has 6 amide bonds. The number of hydrogen-bond acceptors (Lipinski definition) is 7. The second kappa shape index (κ2) is 12.8. The van der Waals surface area contributed by atoms with Crippen LogP contribution in [0, 0.1) is 6.92 Å². The minimum Gasteiger partial charge on any atom is -0.481 e. The Labute approximate surface area is 265 Å². The van der Waals surface area contributed by atoms with E-state index >= 15 is 0 Å². The van der Waals surface area contributed by atoms with Crippen molar-refractivity contribution >= 4 is 41.2 Å². The van der Waals surface area contributed by atoms with Crippen molar-refractivity contribution in [2.45, 2.75) is 45.3 Å². The van der Waals surface area contributed by atoms with Crippen LogP contribution < -0.4 is 25.0 Å². The number of urea groups is 2. The summed E-state index contributed by atoms with van der Waals surface area (Å²) >= 11 is 0. The first kappa shape index (κ1) is 31.8. The number of benzene rings is 3. The number of carboxylic acids is 1. The number of carbonyl (C=O) groups is 5. The van der Waals surface area contributed by atoms with Crippen LogP contribution in [0.2, 0.25) is 0 Å². The number of imide groups is 1. The molecule has 240 valence electrons. The molecule has 13 nitrogen and oxygen atoms in total. The Kier molecular flexibility index (Phi) is 8.85. The Morgan fingerprint density at radius 3 is 2.39 bits per heavy atom. The van der Waals surface area contributed by atoms with Gasteiger partial charge in [0.25, 0.3) is 5.91 Å². The summed E-state index contributed by atoms with van der Waals surface area (Å²) in [5.74, 6) is -1.47. The first-order valence-corrected chi connectivity index (χ1v) is 14.6. The molecule has 3 aromatic rings. The lowest BCUT2D eigenvalue weighted by atomic mass is 10.0. The normalized spacial score (nSPS) is 15.5. The molecular weight excluding hydrogens is 594 g/mol. The second-order valence-corrected chi connectivity index (χ2v) is 11.6. The molecule has 2 heterocycles. The topological polar surface area (TPSA) is 158 Å². The minimum atomic E-state index is -1.25. The Bertz CT molecular complexity index is 1690. The highest BCUT2D eigenvalue weighted by atomic mass is 16.7. The number of rotatable bonds is 10. The monoisotopic (exact) mass is 629 g/mol. The summed E-state index contributed by atoms with van der Waals surface area (Å²) in [5, 5.41) is 15.0. The number of carboxylic acid groups (broad SMARTS) is 1. The Balaban J connectivity index is 1.23. The van der Waals surface area contributed by atoms with Gasteiger partial charge in [0.1, 0.15) is 12.1 Å². The predicted octanol–water partition coefficient (Wildman–Crippen LogP) is 4.27. The number of aliphatic carboxylic acids is 1. The van der Waals surface area contributed by atoms with E-state index in [2.05, 4.69) is 10.6 Å². The predicted molar refractivity (Wildman–Crippen MR) is 167 cm³/mol. The summed E-state index contributed by atoms with van der Waals surface area (Å²) in [7, 11) is 1.64. The van der Waals surface area contributed by atoms with Gasteiger partial charge in [-0.05, 0) is 67.8 Å². The van der Waals surface area contributed by atoms with E-state index in [9.17, 15) is 29.1 Å². The van der Waals surface area contributed by atoms with E-state index in [0.29, 0.717) is 34.0 Å². The van der Waals surface area contributed by atoms with E-state index in [1.165, 1.54) is 9.80 Å². The molecule has 2 aliphatic heterocycles. The first-order chi connectivity index (χ1) is 21.8. The highest BCUT2D eigenvalue weighted by Crippen LogP contribution is 2.35. The van der Waals surface area contributed by atoms with Crippen LogP contribution in [0.5, 0.6) is 11.5 Å². The summed E-state index contributed by atoms with van der Waals surface area (Å²) in [4.78, 5) is 68.0. The van der Waals surface area contributed by atoms with Crippen LogP contribution in [0.1, 0.15) is 43.0 Å².